The Morgan fingerprint density at radius 1 is 1.13 bits per heavy atom. The molecule has 0 atom stereocenters. The van der Waals surface area contributed by atoms with Gasteiger partial charge in [-0.2, -0.15) is 0 Å². The van der Waals surface area contributed by atoms with E-state index in [0.29, 0.717) is 6.54 Å². The molecule has 15 heavy (non-hydrogen) atoms. The van der Waals surface area contributed by atoms with Crippen molar-refractivity contribution < 1.29 is 4.39 Å². The summed E-state index contributed by atoms with van der Waals surface area (Å²) in [6, 6.07) is 10.1. The minimum absolute atomic E-state index is 0.239. The van der Waals surface area contributed by atoms with Gasteiger partial charge in [-0.05, 0) is 23.8 Å². The van der Waals surface area contributed by atoms with Gasteiger partial charge in [0.15, 0.2) is 0 Å². The number of halogens is 1. The Balaban J connectivity index is 2.49. The maximum absolute atomic E-state index is 12.7. The molecule has 0 unspecified atom stereocenters. The third kappa shape index (κ3) is 2.02. The van der Waals surface area contributed by atoms with E-state index in [0.717, 1.165) is 16.8 Å². The van der Waals surface area contributed by atoms with Crippen molar-refractivity contribution in [3.05, 3.63) is 54.1 Å². The highest BCUT2D eigenvalue weighted by molar-refractivity contribution is 5.65. The number of rotatable bonds is 2. The van der Waals surface area contributed by atoms with Crippen LogP contribution < -0.4 is 5.73 Å². The van der Waals surface area contributed by atoms with Crippen LogP contribution in [0.4, 0.5) is 4.39 Å². The summed E-state index contributed by atoms with van der Waals surface area (Å²) in [5.41, 5.74) is 8.30. The van der Waals surface area contributed by atoms with Gasteiger partial charge < -0.3 is 5.73 Å². The average Bonchev–Trinajstić information content (AvgIpc) is 2.30. The smallest absolute Gasteiger partial charge is 0.123 e. The van der Waals surface area contributed by atoms with Crippen LogP contribution in [0.2, 0.25) is 0 Å². The van der Waals surface area contributed by atoms with Crippen LogP contribution >= 0.6 is 0 Å². The summed E-state index contributed by atoms with van der Waals surface area (Å²) in [6.45, 7) is 0.382. The number of nitrogens with two attached hydrogens (primary N) is 1. The van der Waals surface area contributed by atoms with E-state index in [1.807, 2.05) is 12.1 Å². The molecule has 2 rings (SSSR count). The Morgan fingerprint density at radius 2 is 1.87 bits per heavy atom. The molecule has 2 aromatic rings. The van der Waals surface area contributed by atoms with Crippen molar-refractivity contribution in [2.24, 2.45) is 5.73 Å². The monoisotopic (exact) mass is 202 g/mol. The number of pyridine rings is 1. The molecule has 0 aliphatic heterocycles. The van der Waals surface area contributed by atoms with E-state index in [1.54, 1.807) is 18.3 Å². The van der Waals surface area contributed by atoms with Gasteiger partial charge in [0, 0.05) is 18.3 Å². The third-order valence-electron chi connectivity index (χ3n) is 2.24. The van der Waals surface area contributed by atoms with Crippen LogP contribution in [0.1, 0.15) is 5.69 Å². The molecule has 2 nitrogen and oxygen atoms in total. The van der Waals surface area contributed by atoms with Crippen molar-refractivity contribution in [2.75, 3.05) is 0 Å². The zero-order valence-electron chi connectivity index (χ0n) is 8.15. The zero-order valence-corrected chi connectivity index (χ0v) is 8.15. The molecule has 0 aliphatic carbocycles. The van der Waals surface area contributed by atoms with Gasteiger partial charge >= 0.3 is 0 Å². The molecule has 1 aromatic heterocycles. The van der Waals surface area contributed by atoms with Crippen molar-refractivity contribution >= 4 is 0 Å². The molecular weight excluding hydrogens is 191 g/mol. The first-order valence-electron chi connectivity index (χ1n) is 4.71. The lowest BCUT2D eigenvalue weighted by atomic mass is 10.0. The molecule has 2 N–H and O–H groups in total. The van der Waals surface area contributed by atoms with Gasteiger partial charge in [0.2, 0.25) is 0 Å². The zero-order chi connectivity index (χ0) is 10.7. The van der Waals surface area contributed by atoms with Gasteiger partial charge in [-0.1, -0.05) is 18.2 Å². The lowest BCUT2D eigenvalue weighted by Crippen LogP contribution is -2.01. The molecule has 76 valence electrons. The van der Waals surface area contributed by atoms with E-state index in [1.165, 1.54) is 12.1 Å². The molecule has 1 heterocycles. The fraction of sp³-hybridized carbons (Fsp3) is 0.0833. The van der Waals surface area contributed by atoms with Crippen LogP contribution in [-0.4, -0.2) is 4.98 Å². The van der Waals surface area contributed by atoms with Crippen LogP contribution in [0.25, 0.3) is 11.1 Å². The van der Waals surface area contributed by atoms with Crippen LogP contribution in [0, 0.1) is 5.82 Å². The van der Waals surface area contributed by atoms with Gasteiger partial charge in [0.1, 0.15) is 5.82 Å². The Kier molecular flexibility index (Phi) is 2.74. The Hall–Kier alpha value is -1.74. The van der Waals surface area contributed by atoms with Crippen LogP contribution in [0.5, 0.6) is 0 Å². The summed E-state index contributed by atoms with van der Waals surface area (Å²) in [6.07, 6.45) is 1.70. The van der Waals surface area contributed by atoms with E-state index in [9.17, 15) is 4.39 Å². The predicted octanol–water partition coefficient (Wildman–Crippen LogP) is 2.35. The number of aromatic nitrogens is 1. The van der Waals surface area contributed by atoms with E-state index in [2.05, 4.69) is 4.98 Å². The molecule has 3 heteroatoms. The topological polar surface area (TPSA) is 38.9 Å². The summed E-state index contributed by atoms with van der Waals surface area (Å²) >= 11 is 0. The van der Waals surface area contributed by atoms with Crippen LogP contribution in [-0.2, 0) is 6.54 Å². The number of benzene rings is 1. The van der Waals surface area contributed by atoms with Crippen molar-refractivity contribution in [3.63, 3.8) is 0 Å². The number of hydrogen-bond donors (Lipinski definition) is 1. The quantitative estimate of drug-likeness (QED) is 0.811. The van der Waals surface area contributed by atoms with Crippen molar-refractivity contribution in [1.82, 2.24) is 4.98 Å². The van der Waals surface area contributed by atoms with E-state index in [4.69, 9.17) is 5.73 Å². The van der Waals surface area contributed by atoms with Crippen LogP contribution in [0.15, 0.2) is 42.6 Å². The second-order valence-electron chi connectivity index (χ2n) is 3.21. The first-order chi connectivity index (χ1) is 7.31. The normalized spacial score (nSPS) is 10.3. The largest absolute Gasteiger partial charge is 0.325 e. The van der Waals surface area contributed by atoms with Gasteiger partial charge in [0.05, 0.1) is 5.69 Å². The lowest BCUT2D eigenvalue weighted by Gasteiger charge is -2.06. The van der Waals surface area contributed by atoms with Crippen LogP contribution in [0.3, 0.4) is 0 Å². The highest BCUT2D eigenvalue weighted by atomic mass is 19.1. The molecule has 0 fully saturated rings. The SMILES string of the molecule is NCc1ncccc1-c1ccc(F)cc1. The van der Waals surface area contributed by atoms with Gasteiger partial charge in [-0.25, -0.2) is 4.39 Å². The highest BCUT2D eigenvalue weighted by Gasteiger charge is 2.03. The average molecular weight is 202 g/mol. The molecule has 0 aliphatic rings. The predicted molar refractivity (Wildman–Crippen MR) is 57.5 cm³/mol. The van der Waals surface area contributed by atoms with E-state index in [-0.39, 0.29) is 5.82 Å². The van der Waals surface area contributed by atoms with Crippen molar-refractivity contribution in [3.8, 4) is 11.1 Å². The van der Waals surface area contributed by atoms with E-state index >= 15 is 0 Å². The van der Waals surface area contributed by atoms with Gasteiger partial charge in [-0.15, -0.1) is 0 Å². The Labute approximate surface area is 87.6 Å². The molecule has 0 amide bonds. The second kappa shape index (κ2) is 4.19. The highest BCUT2D eigenvalue weighted by Crippen LogP contribution is 2.21. The first-order valence-corrected chi connectivity index (χ1v) is 4.71. The maximum atomic E-state index is 12.7. The fourth-order valence-corrected chi connectivity index (χ4v) is 1.49. The first kappa shape index (κ1) is 9.80. The summed E-state index contributed by atoms with van der Waals surface area (Å²) < 4.78 is 12.7. The molecular formula is C12H11FN2. The standard InChI is InChI=1S/C12H11FN2/c13-10-5-3-9(4-6-10)11-2-1-7-15-12(11)8-14/h1-7H,8,14H2. The van der Waals surface area contributed by atoms with Gasteiger partial charge in [-0.3, -0.25) is 4.98 Å². The Bertz CT molecular complexity index is 451. The molecule has 1 aromatic carbocycles. The fourth-order valence-electron chi connectivity index (χ4n) is 1.49. The minimum Gasteiger partial charge on any atom is -0.325 e. The molecule has 0 radical (unpaired) electrons. The molecule has 0 spiro atoms. The summed E-state index contributed by atoms with van der Waals surface area (Å²) in [4.78, 5) is 4.18. The Morgan fingerprint density at radius 3 is 2.53 bits per heavy atom. The molecule has 0 bridgehead atoms. The summed E-state index contributed by atoms with van der Waals surface area (Å²) in [5.74, 6) is -0.239. The minimum atomic E-state index is -0.239. The summed E-state index contributed by atoms with van der Waals surface area (Å²) in [7, 11) is 0. The van der Waals surface area contributed by atoms with Crippen molar-refractivity contribution in [1.29, 1.82) is 0 Å². The third-order valence-corrected chi connectivity index (χ3v) is 2.24. The summed E-state index contributed by atoms with van der Waals surface area (Å²) in [5, 5.41) is 0. The maximum Gasteiger partial charge on any atom is 0.123 e. The number of nitrogens with zero attached hydrogens (tertiary/aromatic N) is 1. The van der Waals surface area contributed by atoms with E-state index < -0.39 is 0 Å². The number of hydrogen-bond acceptors (Lipinski definition) is 2. The molecule has 0 saturated heterocycles. The van der Waals surface area contributed by atoms with Gasteiger partial charge in [0.25, 0.3) is 0 Å². The van der Waals surface area contributed by atoms with Crippen molar-refractivity contribution in [2.45, 2.75) is 6.54 Å². The second-order valence-corrected chi connectivity index (χ2v) is 3.21. The lowest BCUT2D eigenvalue weighted by molar-refractivity contribution is 0.628. The molecule has 0 saturated carbocycles.